The maximum Gasteiger partial charge on any atom is 0.303 e. The molecule has 0 bridgehead atoms. The van der Waals surface area contributed by atoms with Gasteiger partial charge in [0.2, 0.25) is 0 Å². The molecule has 1 amide bonds. The lowest BCUT2D eigenvalue weighted by Gasteiger charge is -2.45. The van der Waals surface area contributed by atoms with Gasteiger partial charge in [0, 0.05) is 31.1 Å². The molecule has 1 saturated carbocycles. The molecule has 10 nitrogen and oxygen atoms in total. The average Bonchev–Trinajstić information content (AvgIpc) is 3.06. The van der Waals surface area contributed by atoms with Gasteiger partial charge in [0.15, 0.2) is 12.3 Å². The second kappa shape index (κ2) is 15.3. The van der Waals surface area contributed by atoms with E-state index in [-0.39, 0.29) is 35.8 Å². The Bertz CT molecular complexity index is 1310. The van der Waals surface area contributed by atoms with Crippen LogP contribution in [0, 0.1) is 5.92 Å². The minimum atomic E-state index is -1.03. The van der Waals surface area contributed by atoms with Crippen LogP contribution in [0.3, 0.4) is 0 Å². The first-order valence-corrected chi connectivity index (χ1v) is 15.7. The predicted octanol–water partition coefficient (Wildman–Crippen LogP) is 5.02. The zero-order chi connectivity index (χ0) is 30.1. The Hall–Kier alpha value is -3.27. The normalized spacial score (nSPS) is 24.5. The second-order valence-electron chi connectivity index (χ2n) is 12.1. The smallest absolute Gasteiger partial charge is 0.303 e. The van der Waals surface area contributed by atoms with Crippen molar-refractivity contribution in [2.24, 2.45) is 16.8 Å². The Labute approximate surface area is 248 Å². The number of benzene rings is 1. The molecule has 1 aromatic carbocycles. The minimum absolute atomic E-state index is 0.0297. The number of fused-ring (bicyclic) bond motifs is 1. The molecular formula is C32H47N5O5. The van der Waals surface area contributed by atoms with Gasteiger partial charge in [-0.2, -0.15) is 0 Å². The summed E-state index contributed by atoms with van der Waals surface area (Å²) in [7, 11) is 0. The fourth-order valence-corrected chi connectivity index (χ4v) is 6.92. The summed E-state index contributed by atoms with van der Waals surface area (Å²) in [6, 6.07) is 8.48. The Morgan fingerprint density at radius 1 is 1.07 bits per heavy atom. The number of hydrogen-bond donors (Lipinski definition) is 2. The van der Waals surface area contributed by atoms with Gasteiger partial charge in [-0.25, -0.2) is 4.98 Å². The number of para-hydroxylation sites is 2. The number of amides is 1. The van der Waals surface area contributed by atoms with Crippen LogP contribution in [0.15, 0.2) is 34.2 Å². The average molecular weight is 582 g/mol. The van der Waals surface area contributed by atoms with Crippen molar-refractivity contribution >= 4 is 28.6 Å². The van der Waals surface area contributed by atoms with Crippen molar-refractivity contribution in [2.75, 3.05) is 13.2 Å². The molecule has 1 aliphatic heterocycles. The molecule has 4 rings (SSSR count). The molecule has 1 aromatic heterocycles. The Balaban J connectivity index is 1.70. The summed E-state index contributed by atoms with van der Waals surface area (Å²) >= 11 is 0. The molecule has 1 unspecified atom stereocenters. The lowest BCUT2D eigenvalue weighted by molar-refractivity contribution is -0.136. The zero-order valence-electron chi connectivity index (χ0n) is 25.2. The van der Waals surface area contributed by atoms with Crippen molar-refractivity contribution in [1.29, 1.82) is 0 Å². The van der Waals surface area contributed by atoms with Crippen LogP contribution >= 0.6 is 0 Å². The summed E-state index contributed by atoms with van der Waals surface area (Å²) in [6.07, 6.45) is 12.6. The molecule has 230 valence electrons. The number of likely N-dealkylation sites (tertiary alicyclic amines) is 1. The third-order valence-electron chi connectivity index (χ3n) is 8.87. The van der Waals surface area contributed by atoms with Gasteiger partial charge in [-0.15, -0.1) is 0 Å². The Morgan fingerprint density at radius 3 is 2.57 bits per heavy atom. The van der Waals surface area contributed by atoms with E-state index in [2.05, 4.69) is 28.9 Å². The fourth-order valence-electron chi connectivity index (χ4n) is 6.92. The summed E-state index contributed by atoms with van der Waals surface area (Å²) in [5.74, 6) is -1.03. The summed E-state index contributed by atoms with van der Waals surface area (Å²) in [5.41, 5.74) is 6.41. The first kappa shape index (κ1) is 31.7. The number of carboxylic acid groups (broad SMARTS) is 1. The molecule has 1 saturated heterocycles. The molecule has 0 spiro atoms. The van der Waals surface area contributed by atoms with Crippen molar-refractivity contribution in [2.45, 2.75) is 115 Å². The van der Waals surface area contributed by atoms with Crippen molar-refractivity contribution in [1.82, 2.24) is 14.5 Å². The van der Waals surface area contributed by atoms with Crippen LogP contribution in [0.4, 0.5) is 0 Å². The number of aromatic nitrogens is 2. The third-order valence-corrected chi connectivity index (χ3v) is 8.87. The predicted molar refractivity (Wildman–Crippen MR) is 164 cm³/mol. The number of aliphatic carboxylic acids is 1. The zero-order valence-corrected chi connectivity index (χ0v) is 25.2. The lowest BCUT2D eigenvalue weighted by atomic mass is 9.88. The van der Waals surface area contributed by atoms with Gasteiger partial charge in [-0.3, -0.25) is 19.3 Å². The van der Waals surface area contributed by atoms with E-state index in [4.69, 9.17) is 10.6 Å². The van der Waals surface area contributed by atoms with Gasteiger partial charge in [0.1, 0.15) is 5.71 Å². The number of carbonyl (C=O) groups excluding carboxylic acids is 1. The Morgan fingerprint density at radius 2 is 1.83 bits per heavy atom. The van der Waals surface area contributed by atoms with Crippen LogP contribution < -0.4 is 11.3 Å². The Kier molecular flexibility index (Phi) is 11.5. The van der Waals surface area contributed by atoms with E-state index in [1.165, 1.54) is 44.9 Å². The van der Waals surface area contributed by atoms with Crippen LogP contribution in [0.25, 0.3) is 11.0 Å². The number of piperidine rings is 1. The SMILES string of the molecule is CCC[C@@H]1C[C@H](n2c(=O)c(/C(CCC(=O)O)=N/OCC(N)=O)nc3ccccc32)CCN1C1CCCCCC[C@@H](C)C1. The standard InChI is InChI=1S/C32H47N5O5/c1-3-10-23-20-25(17-18-36(23)24-12-7-5-4-6-11-22(2)19-24)37-28-14-9-8-13-26(28)34-31(32(37)41)27(15-16-30(39)40)35-42-21-29(33)38/h8-9,13-14,22-25H,3-7,10-12,15-21H2,1-2H3,(H2,33,38)(H,39,40)/b35-27+/t22-,23-,24?,25-/m1/s1. The van der Waals surface area contributed by atoms with Crippen molar-refractivity contribution in [3.05, 3.63) is 40.3 Å². The first-order valence-electron chi connectivity index (χ1n) is 15.7. The monoisotopic (exact) mass is 581 g/mol. The summed E-state index contributed by atoms with van der Waals surface area (Å²) in [4.78, 5) is 49.3. The van der Waals surface area contributed by atoms with E-state index in [9.17, 15) is 19.5 Å². The largest absolute Gasteiger partial charge is 0.481 e. The van der Waals surface area contributed by atoms with Crippen LogP contribution in [0.2, 0.25) is 0 Å². The van der Waals surface area contributed by atoms with Crippen LogP contribution in [-0.4, -0.2) is 62.4 Å². The minimum Gasteiger partial charge on any atom is -0.481 e. The second-order valence-corrected chi connectivity index (χ2v) is 12.1. The maximum atomic E-state index is 14.2. The van der Waals surface area contributed by atoms with E-state index in [0.29, 0.717) is 17.6 Å². The molecule has 2 heterocycles. The van der Waals surface area contributed by atoms with Crippen molar-refractivity contribution in [3.8, 4) is 0 Å². The fraction of sp³-hybridized carbons (Fsp3) is 0.656. The molecule has 2 aliphatic rings. The summed E-state index contributed by atoms with van der Waals surface area (Å²) < 4.78 is 1.85. The lowest BCUT2D eigenvalue weighted by Crippen LogP contribution is -2.50. The highest BCUT2D eigenvalue weighted by atomic mass is 16.6. The number of carbonyl (C=O) groups is 2. The van der Waals surface area contributed by atoms with Crippen LogP contribution in [0.1, 0.15) is 109 Å². The highest BCUT2D eigenvalue weighted by Gasteiger charge is 2.35. The van der Waals surface area contributed by atoms with Crippen LogP contribution in [-0.2, 0) is 14.4 Å². The highest BCUT2D eigenvalue weighted by Crippen LogP contribution is 2.35. The molecule has 10 heteroatoms. The molecule has 3 N–H and O–H groups in total. The van der Waals surface area contributed by atoms with Gasteiger partial charge in [-0.1, -0.05) is 69.7 Å². The summed E-state index contributed by atoms with van der Waals surface area (Å²) in [5, 5.41) is 13.3. The van der Waals surface area contributed by atoms with E-state index in [1.807, 2.05) is 28.8 Å². The van der Waals surface area contributed by atoms with E-state index < -0.39 is 18.5 Å². The summed E-state index contributed by atoms with van der Waals surface area (Å²) in [6.45, 7) is 5.10. The highest BCUT2D eigenvalue weighted by molar-refractivity contribution is 6.00. The molecule has 42 heavy (non-hydrogen) atoms. The number of nitrogens with zero attached hydrogens (tertiary/aromatic N) is 4. The van der Waals surface area contributed by atoms with Gasteiger partial charge in [-0.05, 0) is 50.2 Å². The van der Waals surface area contributed by atoms with Crippen molar-refractivity contribution in [3.63, 3.8) is 0 Å². The number of rotatable bonds is 11. The quantitative estimate of drug-likeness (QED) is 0.280. The molecule has 4 atom stereocenters. The van der Waals surface area contributed by atoms with Gasteiger partial charge in [0.05, 0.1) is 17.5 Å². The molecule has 2 aromatic rings. The van der Waals surface area contributed by atoms with Gasteiger partial charge < -0.3 is 20.2 Å². The maximum absolute atomic E-state index is 14.2. The van der Waals surface area contributed by atoms with Crippen molar-refractivity contribution < 1.29 is 19.5 Å². The van der Waals surface area contributed by atoms with Gasteiger partial charge in [0.25, 0.3) is 11.5 Å². The van der Waals surface area contributed by atoms with E-state index in [0.717, 1.165) is 43.7 Å². The van der Waals surface area contributed by atoms with E-state index in [1.54, 1.807) is 0 Å². The van der Waals surface area contributed by atoms with Crippen LogP contribution in [0.5, 0.6) is 0 Å². The number of hydrogen-bond acceptors (Lipinski definition) is 7. The molecular weight excluding hydrogens is 534 g/mol. The number of carboxylic acids is 1. The van der Waals surface area contributed by atoms with E-state index >= 15 is 0 Å². The number of oxime groups is 1. The topological polar surface area (TPSA) is 140 Å². The third kappa shape index (κ3) is 8.18. The molecule has 2 fully saturated rings. The number of nitrogens with two attached hydrogens (primary N) is 1. The molecule has 0 radical (unpaired) electrons. The molecule has 1 aliphatic carbocycles. The number of primary amides is 1. The first-order chi connectivity index (χ1) is 20.3. The van der Waals surface area contributed by atoms with Gasteiger partial charge >= 0.3 is 5.97 Å².